The molecule has 0 atom stereocenters. The van der Waals surface area contributed by atoms with Gasteiger partial charge in [-0.3, -0.25) is 10.1 Å². The molecule has 7 heteroatoms. The van der Waals surface area contributed by atoms with Gasteiger partial charge in [0.1, 0.15) is 18.9 Å². The van der Waals surface area contributed by atoms with Crippen molar-refractivity contribution >= 4 is 23.0 Å². The summed E-state index contributed by atoms with van der Waals surface area (Å²) in [6.07, 6.45) is 0. The molecule has 0 fully saturated rings. The normalized spacial score (nSPS) is 12.8. The number of hydrogen-bond donors (Lipinski definition) is 1. The minimum Gasteiger partial charge on any atom is -0.486 e. The Morgan fingerprint density at radius 2 is 1.91 bits per heavy atom. The molecule has 22 heavy (non-hydrogen) atoms. The molecule has 0 aliphatic carbocycles. The van der Waals surface area contributed by atoms with Crippen LogP contribution in [0.4, 0.5) is 11.4 Å². The van der Waals surface area contributed by atoms with Crippen LogP contribution < -0.4 is 14.8 Å². The number of nitrogens with zero attached hydrogens (tertiary/aromatic N) is 1. The third-order valence-corrected chi connectivity index (χ3v) is 3.48. The van der Waals surface area contributed by atoms with E-state index >= 15 is 0 Å². The van der Waals surface area contributed by atoms with E-state index in [0.717, 1.165) is 5.56 Å². The zero-order chi connectivity index (χ0) is 15.5. The van der Waals surface area contributed by atoms with Gasteiger partial charge < -0.3 is 14.8 Å². The molecule has 6 nitrogen and oxygen atoms in total. The second-order valence-corrected chi connectivity index (χ2v) is 5.19. The van der Waals surface area contributed by atoms with Crippen molar-refractivity contribution in [3.05, 3.63) is 57.1 Å². The molecule has 0 unspecified atom stereocenters. The lowest BCUT2D eigenvalue weighted by Gasteiger charge is -2.19. The van der Waals surface area contributed by atoms with Crippen molar-refractivity contribution in [2.75, 3.05) is 18.5 Å². The fraction of sp³-hybridized carbons (Fsp3) is 0.200. The topological polar surface area (TPSA) is 73.6 Å². The molecule has 0 bridgehead atoms. The Kier molecular flexibility index (Phi) is 4.02. The Bertz CT molecular complexity index is 721. The lowest BCUT2D eigenvalue weighted by atomic mass is 10.2. The SMILES string of the molecule is O=[N+]([O-])c1cc(Cl)ccc1NCc1ccc2c(c1)OCCO2. The lowest BCUT2D eigenvalue weighted by Crippen LogP contribution is -2.15. The second kappa shape index (κ2) is 6.11. The Hall–Kier alpha value is -2.47. The summed E-state index contributed by atoms with van der Waals surface area (Å²) in [5.41, 5.74) is 1.31. The number of ether oxygens (including phenoxy) is 2. The summed E-state index contributed by atoms with van der Waals surface area (Å²) < 4.78 is 11.0. The molecule has 3 rings (SSSR count). The van der Waals surface area contributed by atoms with Crippen molar-refractivity contribution in [2.45, 2.75) is 6.54 Å². The lowest BCUT2D eigenvalue weighted by molar-refractivity contribution is -0.383. The molecule has 1 aliphatic heterocycles. The Morgan fingerprint density at radius 1 is 1.14 bits per heavy atom. The highest BCUT2D eigenvalue weighted by molar-refractivity contribution is 6.30. The van der Waals surface area contributed by atoms with Crippen LogP contribution in [-0.2, 0) is 6.54 Å². The number of halogens is 1. The Labute approximate surface area is 131 Å². The molecule has 1 heterocycles. The van der Waals surface area contributed by atoms with Crippen LogP contribution in [0.15, 0.2) is 36.4 Å². The average Bonchev–Trinajstić information content (AvgIpc) is 2.53. The number of benzene rings is 2. The maximum atomic E-state index is 11.0. The van der Waals surface area contributed by atoms with Crippen LogP contribution in [0, 0.1) is 10.1 Å². The van der Waals surface area contributed by atoms with Gasteiger partial charge >= 0.3 is 0 Å². The molecule has 1 N–H and O–H groups in total. The van der Waals surface area contributed by atoms with Gasteiger partial charge in [-0.15, -0.1) is 0 Å². The molecule has 0 radical (unpaired) electrons. The number of anilines is 1. The molecule has 0 aromatic heterocycles. The zero-order valence-electron chi connectivity index (χ0n) is 11.5. The van der Waals surface area contributed by atoms with Crippen molar-refractivity contribution in [3.8, 4) is 11.5 Å². The molecule has 1 aliphatic rings. The van der Waals surface area contributed by atoms with Crippen LogP contribution in [0.1, 0.15) is 5.56 Å². The Morgan fingerprint density at radius 3 is 2.68 bits per heavy atom. The highest BCUT2D eigenvalue weighted by Crippen LogP contribution is 2.32. The minimum atomic E-state index is -0.460. The standard InChI is InChI=1S/C15H13ClN2O4/c16-11-2-3-12(13(8-11)18(19)20)17-9-10-1-4-14-15(7-10)22-6-5-21-14/h1-4,7-8,17H,5-6,9H2. The van der Waals surface area contributed by atoms with Crippen LogP contribution >= 0.6 is 11.6 Å². The van der Waals surface area contributed by atoms with Gasteiger partial charge in [-0.05, 0) is 29.8 Å². The van der Waals surface area contributed by atoms with E-state index in [4.69, 9.17) is 21.1 Å². The quantitative estimate of drug-likeness (QED) is 0.688. The largest absolute Gasteiger partial charge is 0.486 e. The fourth-order valence-electron chi connectivity index (χ4n) is 2.20. The molecule has 2 aromatic carbocycles. The number of fused-ring (bicyclic) bond motifs is 1. The molecule has 0 saturated carbocycles. The predicted molar refractivity (Wildman–Crippen MR) is 82.9 cm³/mol. The van der Waals surface area contributed by atoms with E-state index in [1.807, 2.05) is 18.2 Å². The van der Waals surface area contributed by atoms with Gasteiger partial charge in [-0.2, -0.15) is 0 Å². The summed E-state index contributed by atoms with van der Waals surface area (Å²) >= 11 is 5.79. The number of hydrogen-bond acceptors (Lipinski definition) is 5. The second-order valence-electron chi connectivity index (χ2n) is 4.75. The maximum absolute atomic E-state index is 11.0. The van der Waals surface area contributed by atoms with Gasteiger partial charge in [0.2, 0.25) is 0 Å². The number of nitrogens with one attached hydrogen (secondary N) is 1. The van der Waals surface area contributed by atoms with Crippen LogP contribution in [0.5, 0.6) is 11.5 Å². The molecule has 0 spiro atoms. The van der Waals surface area contributed by atoms with Gasteiger partial charge in [-0.1, -0.05) is 17.7 Å². The van der Waals surface area contributed by atoms with Gasteiger partial charge in [-0.25, -0.2) is 0 Å². The number of rotatable bonds is 4. The van der Waals surface area contributed by atoms with E-state index in [2.05, 4.69) is 5.32 Å². The molecule has 0 saturated heterocycles. The van der Waals surface area contributed by atoms with Crippen molar-refractivity contribution < 1.29 is 14.4 Å². The van der Waals surface area contributed by atoms with E-state index < -0.39 is 4.92 Å². The van der Waals surface area contributed by atoms with Crippen LogP contribution in [0.2, 0.25) is 5.02 Å². The average molecular weight is 321 g/mol. The van der Waals surface area contributed by atoms with Crippen molar-refractivity contribution in [1.82, 2.24) is 0 Å². The van der Waals surface area contributed by atoms with E-state index in [0.29, 0.717) is 42.0 Å². The first kappa shape index (κ1) is 14.5. The third-order valence-electron chi connectivity index (χ3n) is 3.25. The predicted octanol–water partition coefficient (Wildman–Crippen LogP) is 3.63. The monoisotopic (exact) mass is 320 g/mol. The van der Waals surface area contributed by atoms with Crippen LogP contribution in [-0.4, -0.2) is 18.1 Å². The summed E-state index contributed by atoms with van der Waals surface area (Å²) in [6.45, 7) is 1.49. The van der Waals surface area contributed by atoms with E-state index in [1.165, 1.54) is 6.07 Å². The summed E-state index contributed by atoms with van der Waals surface area (Å²) in [7, 11) is 0. The van der Waals surface area contributed by atoms with Crippen molar-refractivity contribution in [2.24, 2.45) is 0 Å². The first-order valence-electron chi connectivity index (χ1n) is 6.70. The zero-order valence-corrected chi connectivity index (χ0v) is 12.3. The van der Waals surface area contributed by atoms with Crippen molar-refractivity contribution in [3.63, 3.8) is 0 Å². The first-order valence-corrected chi connectivity index (χ1v) is 7.07. The van der Waals surface area contributed by atoms with E-state index in [-0.39, 0.29) is 5.69 Å². The van der Waals surface area contributed by atoms with Gasteiger partial charge in [0.25, 0.3) is 5.69 Å². The third kappa shape index (κ3) is 3.07. The molecule has 0 amide bonds. The molecular weight excluding hydrogens is 308 g/mol. The van der Waals surface area contributed by atoms with E-state index in [9.17, 15) is 10.1 Å². The molecular formula is C15H13ClN2O4. The van der Waals surface area contributed by atoms with Crippen LogP contribution in [0.3, 0.4) is 0 Å². The molecule has 114 valence electrons. The van der Waals surface area contributed by atoms with E-state index in [1.54, 1.807) is 12.1 Å². The highest BCUT2D eigenvalue weighted by atomic mass is 35.5. The number of nitro groups is 1. The summed E-state index contributed by atoms with van der Waals surface area (Å²) in [6, 6.07) is 10.1. The highest BCUT2D eigenvalue weighted by Gasteiger charge is 2.15. The first-order chi connectivity index (χ1) is 10.6. The van der Waals surface area contributed by atoms with Crippen molar-refractivity contribution in [1.29, 1.82) is 0 Å². The summed E-state index contributed by atoms with van der Waals surface area (Å²) in [4.78, 5) is 10.6. The smallest absolute Gasteiger partial charge is 0.293 e. The molecule has 2 aromatic rings. The van der Waals surface area contributed by atoms with Gasteiger partial charge in [0.05, 0.1) is 4.92 Å². The minimum absolute atomic E-state index is 0.0509. The number of nitro benzene ring substituents is 1. The van der Waals surface area contributed by atoms with Gasteiger partial charge in [0, 0.05) is 17.6 Å². The summed E-state index contributed by atoms with van der Waals surface area (Å²) in [5.74, 6) is 1.41. The van der Waals surface area contributed by atoms with Gasteiger partial charge in [0.15, 0.2) is 11.5 Å². The Balaban J connectivity index is 1.77. The maximum Gasteiger partial charge on any atom is 0.293 e. The summed E-state index contributed by atoms with van der Waals surface area (Å²) in [5, 5.41) is 14.4. The fourth-order valence-corrected chi connectivity index (χ4v) is 2.37. The van der Waals surface area contributed by atoms with Crippen LogP contribution in [0.25, 0.3) is 0 Å².